The molecule has 2 aliphatic rings. The summed E-state index contributed by atoms with van der Waals surface area (Å²) in [6.45, 7) is 0.967. The molecular formula is C8H9N2O3S-. The van der Waals surface area contributed by atoms with Crippen molar-refractivity contribution in [2.24, 2.45) is 10.4 Å². The van der Waals surface area contributed by atoms with Gasteiger partial charge in [0.2, 0.25) is 5.91 Å². The second-order valence-corrected chi connectivity index (χ2v) is 3.76. The summed E-state index contributed by atoms with van der Waals surface area (Å²) in [7, 11) is 0. The molecule has 3 amide bonds. The van der Waals surface area contributed by atoms with Gasteiger partial charge in [-0.2, -0.15) is 0 Å². The van der Waals surface area contributed by atoms with Crippen LogP contribution in [0.2, 0.25) is 0 Å². The molecule has 0 aromatic rings. The maximum atomic E-state index is 11.7. The number of nitrogens with zero attached hydrogens (tertiary/aromatic N) is 1. The van der Waals surface area contributed by atoms with Crippen LogP contribution in [0.3, 0.4) is 0 Å². The van der Waals surface area contributed by atoms with E-state index in [1.54, 1.807) is 0 Å². The number of urea groups is 1. The zero-order chi connectivity index (χ0) is 10.2. The average molecular weight is 213 g/mol. The first-order chi connectivity index (χ1) is 6.65. The third kappa shape index (κ3) is 1.31. The van der Waals surface area contributed by atoms with E-state index in [0.29, 0.717) is 26.1 Å². The molecule has 0 bridgehead atoms. The summed E-state index contributed by atoms with van der Waals surface area (Å²) in [5, 5.41) is 2.39. The first-order valence-electron chi connectivity index (χ1n) is 4.34. The van der Waals surface area contributed by atoms with Gasteiger partial charge >= 0.3 is 6.03 Å². The van der Waals surface area contributed by atoms with Crippen LogP contribution in [0.25, 0.3) is 0 Å². The summed E-state index contributed by atoms with van der Waals surface area (Å²) < 4.78 is 5.15. The van der Waals surface area contributed by atoms with Crippen molar-refractivity contribution in [3.8, 4) is 0 Å². The highest BCUT2D eigenvalue weighted by atomic mass is 32.1. The third-order valence-electron chi connectivity index (χ3n) is 2.61. The SMILES string of the molecule is O=C1N=C([S-])C2(CCOCC2)C(=O)N1. The number of ether oxygens (including phenoxy) is 1. The molecule has 1 saturated heterocycles. The van der Waals surface area contributed by atoms with E-state index in [9.17, 15) is 9.59 Å². The van der Waals surface area contributed by atoms with Gasteiger partial charge in [0.25, 0.3) is 0 Å². The normalized spacial score (nSPS) is 25.9. The lowest BCUT2D eigenvalue weighted by Gasteiger charge is -2.41. The lowest BCUT2D eigenvalue weighted by molar-refractivity contribution is -0.130. The van der Waals surface area contributed by atoms with Gasteiger partial charge in [0.05, 0.1) is 5.41 Å². The molecule has 14 heavy (non-hydrogen) atoms. The van der Waals surface area contributed by atoms with Crippen molar-refractivity contribution in [2.75, 3.05) is 13.2 Å². The zero-order valence-electron chi connectivity index (χ0n) is 7.41. The van der Waals surface area contributed by atoms with Crippen molar-refractivity contribution in [3.63, 3.8) is 0 Å². The van der Waals surface area contributed by atoms with E-state index in [0.717, 1.165) is 0 Å². The molecule has 2 heterocycles. The Morgan fingerprint density at radius 2 is 2.00 bits per heavy atom. The molecule has 0 atom stereocenters. The van der Waals surface area contributed by atoms with Crippen LogP contribution >= 0.6 is 0 Å². The van der Waals surface area contributed by atoms with E-state index in [4.69, 9.17) is 17.4 Å². The first-order valence-corrected chi connectivity index (χ1v) is 4.75. The summed E-state index contributed by atoms with van der Waals surface area (Å²) >= 11 is 4.99. The molecule has 76 valence electrons. The second kappa shape index (κ2) is 3.29. The number of aliphatic imine (C=N–C) groups is 1. The van der Waals surface area contributed by atoms with Crippen molar-refractivity contribution in [2.45, 2.75) is 12.8 Å². The Kier molecular flexibility index (Phi) is 2.24. The van der Waals surface area contributed by atoms with E-state index in [-0.39, 0.29) is 11.0 Å². The van der Waals surface area contributed by atoms with E-state index < -0.39 is 11.4 Å². The Hall–Kier alpha value is -1.01. The fourth-order valence-corrected chi connectivity index (χ4v) is 2.08. The Bertz CT molecular complexity index is 321. The maximum Gasteiger partial charge on any atom is 0.345 e. The van der Waals surface area contributed by atoms with Crippen LogP contribution < -0.4 is 5.32 Å². The number of amides is 3. The zero-order valence-corrected chi connectivity index (χ0v) is 8.23. The fraction of sp³-hybridized carbons (Fsp3) is 0.625. The molecule has 6 heteroatoms. The van der Waals surface area contributed by atoms with E-state index >= 15 is 0 Å². The second-order valence-electron chi connectivity index (χ2n) is 3.37. The topological polar surface area (TPSA) is 67.8 Å². The van der Waals surface area contributed by atoms with Crippen molar-refractivity contribution in [1.29, 1.82) is 0 Å². The van der Waals surface area contributed by atoms with Crippen LogP contribution in [0.4, 0.5) is 4.79 Å². The van der Waals surface area contributed by atoms with Gasteiger partial charge in [0.1, 0.15) is 0 Å². The van der Waals surface area contributed by atoms with Crippen molar-refractivity contribution in [1.82, 2.24) is 5.32 Å². The molecule has 1 spiro atoms. The van der Waals surface area contributed by atoms with Crippen molar-refractivity contribution >= 4 is 29.6 Å². The van der Waals surface area contributed by atoms with Crippen LogP contribution in [-0.2, 0) is 22.2 Å². The van der Waals surface area contributed by atoms with Gasteiger partial charge in [-0.25, -0.2) is 9.79 Å². The Morgan fingerprint density at radius 3 is 2.57 bits per heavy atom. The summed E-state index contributed by atoms with van der Waals surface area (Å²) in [5.74, 6) is -0.328. The van der Waals surface area contributed by atoms with Crippen LogP contribution in [0.15, 0.2) is 4.99 Å². The first kappa shape index (κ1) is 9.54. The van der Waals surface area contributed by atoms with E-state index in [1.165, 1.54) is 0 Å². The van der Waals surface area contributed by atoms with Gasteiger partial charge in [-0.05, 0) is 12.8 Å². The largest absolute Gasteiger partial charge is 0.763 e. The highest BCUT2D eigenvalue weighted by Crippen LogP contribution is 2.33. The fourth-order valence-electron chi connectivity index (χ4n) is 1.70. The summed E-state index contributed by atoms with van der Waals surface area (Å²) in [6, 6.07) is -0.655. The van der Waals surface area contributed by atoms with Crippen molar-refractivity contribution in [3.05, 3.63) is 0 Å². The number of nitrogens with one attached hydrogen (secondary N) is 1. The monoisotopic (exact) mass is 213 g/mol. The molecule has 0 aromatic carbocycles. The Balaban J connectivity index is 2.35. The standard InChI is InChI=1S/C8H10N2O3S/c11-5-8(1-3-13-4-2-8)6(14)10-7(12)9-5/h1-4H2,(H2,9,10,11,12,14)/p-1. The van der Waals surface area contributed by atoms with Gasteiger partial charge in [-0.1, -0.05) is 5.04 Å². The lowest BCUT2D eigenvalue weighted by Crippen LogP contribution is -2.54. The molecule has 1 fully saturated rings. The molecule has 2 aliphatic heterocycles. The van der Waals surface area contributed by atoms with Crippen LogP contribution in [0.1, 0.15) is 12.8 Å². The lowest BCUT2D eigenvalue weighted by atomic mass is 9.79. The minimum Gasteiger partial charge on any atom is -0.763 e. The third-order valence-corrected chi connectivity index (χ3v) is 3.10. The molecular weight excluding hydrogens is 204 g/mol. The average Bonchev–Trinajstić information content (AvgIpc) is 2.16. The number of carbonyl (C=O) groups is 2. The summed E-state index contributed by atoms with van der Waals surface area (Å²) in [4.78, 5) is 26.2. The van der Waals surface area contributed by atoms with Gasteiger partial charge in [-0.15, -0.1) is 0 Å². The number of carbonyl (C=O) groups excluding carboxylic acids is 2. The predicted molar refractivity (Wildman–Crippen MR) is 50.8 cm³/mol. The molecule has 5 nitrogen and oxygen atoms in total. The quantitative estimate of drug-likeness (QED) is 0.574. The molecule has 0 aliphatic carbocycles. The highest BCUT2D eigenvalue weighted by molar-refractivity contribution is 7.77. The molecule has 0 aromatic heterocycles. The number of hydrogen-bond donors (Lipinski definition) is 1. The van der Waals surface area contributed by atoms with Gasteiger partial charge in [0, 0.05) is 13.2 Å². The van der Waals surface area contributed by atoms with Crippen LogP contribution in [0.5, 0.6) is 0 Å². The molecule has 0 saturated carbocycles. The van der Waals surface area contributed by atoms with Crippen molar-refractivity contribution < 1.29 is 14.3 Å². The number of imide groups is 1. The van der Waals surface area contributed by atoms with E-state index in [1.807, 2.05) is 0 Å². The molecule has 0 radical (unpaired) electrons. The van der Waals surface area contributed by atoms with Crippen LogP contribution in [-0.4, -0.2) is 30.2 Å². The number of hydrogen-bond acceptors (Lipinski definition) is 4. The number of rotatable bonds is 0. The van der Waals surface area contributed by atoms with Gasteiger partial charge in [-0.3, -0.25) is 10.1 Å². The van der Waals surface area contributed by atoms with Crippen LogP contribution in [0, 0.1) is 5.41 Å². The Morgan fingerprint density at radius 1 is 1.36 bits per heavy atom. The minimum atomic E-state index is -0.776. The van der Waals surface area contributed by atoms with E-state index in [2.05, 4.69) is 10.3 Å². The minimum absolute atomic E-state index is 0.203. The summed E-state index contributed by atoms with van der Waals surface area (Å²) in [5.41, 5.74) is -0.776. The molecule has 0 unspecified atom stereocenters. The smallest absolute Gasteiger partial charge is 0.345 e. The molecule has 2 rings (SSSR count). The highest BCUT2D eigenvalue weighted by Gasteiger charge is 2.42. The summed E-state index contributed by atoms with van der Waals surface area (Å²) in [6.07, 6.45) is 1.02. The Labute approximate surface area is 86.3 Å². The van der Waals surface area contributed by atoms with Gasteiger partial charge in [0.15, 0.2) is 0 Å². The van der Waals surface area contributed by atoms with Gasteiger partial charge < -0.3 is 17.4 Å². The molecule has 1 N–H and O–H groups in total. The predicted octanol–water partition coefficient (Wildman–Crippen LogP) is -0.0216. The maximum absolute atomic E-state index is 11.7.